The van der Waals surface area contributed by atoms with Crippen LogP contribution in [0.1, 0.15) is 23.7 Å². The maximum Gasteiger partial charge on any atom is 0.142 e. The van der Waals surface area contributed by atoms with Crippen LogP contribution in [0.2, 0.25) is 0 Å². The Hall–Kier alpha value is -1.55. The molecule has 19 heavy (non-hydrogen) atoms. The lowest BCUT2D eigenvalue weighted by molar-refractivity contribution is 0.416. The van der Waals surface area contributed by atoms with Crippen LogP contribution in [-0.2, 0) is 6.42 Å². The summed E-state index contributed by atoms with van der Waals surface area (Å²) in [6, 6.07) is 10.4. The Labute approximate surface area is 121 Å². The normalized spacial score (nSPS) is 17.1. The van der Waals surface area contributed by atoms with Crippen LogP contribution < -0.4 is 10.1 Å². The molecular formula is C15H15BrN2O. The highest BCUT2D eigenvalue weighted by Crippen LogP contribution is 2.36. The minimum atomic E-state index is 0.263. The van der Waals surface area contributed by atoms with Gasteiger partial charge >= 0.3 is 0 Å². The van der Waals surface area contributed by atoms with E-state index >= 15 is 0 Å². The number of pyridine rings is 1. The van der Waals surface area contributed by atoms with E-state index in [4.69, 9.17) is 4.74 Å². The zero-order valence-corrected chi connectivity index (χ0v) is 12.3. The van der Waals surface area contributed by atoms with Gasteiger partial charge in [-0.15, -0.1) is 0 Å². The van der Waals surface area contributed by atoms with E-state index in [0.717, 1.165) is 34.4 Å². The van der Waals surface area contributed by atoms with E-state index in [1.54, 1.807) is 7.11 Å². The summed E-state index contributed by atoms with van der Waals surface area (Å²) < 4.78 is 6.43. The van der Waals surface area contributed by atoms with Gasteiger partial charge in [0.1, 0.15) is 5.75 Å². The molecule has 1 heterocycles. The second kappa shape index (κ2) is 5.21. The predicted octanol–water partition coefficient (Wildman–Crippen LogP) is 3.95. The summed E-state index contributed by atoms with van der Waals surface area (Å²) in [5.41, 5.74) is 3.50. The summed E-state index contributed by atoms with van der Waals surface area (Å²) in [6.07, 6.45) is 4.01. The van der Waals surface area contributed by atoms with Gasteiger partial charge in [-0.3, -0.25) is 4.98 Å². The summed E-state index contributed by atoms with van der Waals surface area (Å²) in [6.45, 7) is 0. The smallest absolute Gasteiger partial charge is 0.142 e. The fourth-order valence-corrected chi connectivity index (χ4v) is 2.89. The molecule has 1 aromatic carbocycles. The topological polar surface area (TPSA) is 34.1 Å². The largest absolute Gasteiger partial charge is 0.495 e. The van der Waals surface area contributed by atoms with E-state index in [1.165, 1.54) is 5.56 Å². The highest BCUT2D eigenvalue weighted by atomic mass is 79.9. The molecule has 4 heteroatoms. The highest BCUT2D eigenvalue weighted by Gasteiger charge is 2.24. The van der Waals surface area contributed by atoms with Crippen molar-refractivity contribution in [1.82, 2.24) is 4.98 Å². The van der Waals surface area contributed by atoms with Crippen molar-refractivity contribution in [3.05, 3.63) is 52.3 Å². The summed E-state index contributed by atoms with van der Waals surface area (Å²) in [4.78, 5) is 4.50. The second-order valence-corrected chi connectivity index (χ2v) is 5.54. The van der Waals surface area contributed by atoms with Gasteiger partial charge in [-0.25, -0.2) is 0 Å². The molecule has 0 spiro atoms. The standard InChI is InChI=1S/C15H15BrN2O/c1-19-14-7-5-11(16)9-13(14)18-12-6-4-10-3-2-8-17-15(10)12/h2-3,5,7-9,12,18H,4,6H2,1H3. The van der Waals surface area contributed by atoms with Gasteiger partial charge in [-0.1, -0.05) is 22.0 Å². The van der Waals surface area contributed by atoms with Crippen LogP contribution in [0.15, 0.2) is 41.0 Å². The Balaban J connectivity index is 1.89. The maximum absolute atomic E-state index is 5.39. The first-order valence-electron chi connectivity index (χ1n) is 6.32. The fraction of sp³-hybridized carbons (Fsp3) is 0.267. The van der Waals surface area contributed by atoms with Crippen LogP contribution in [0.3, 0.4) is 0 Å². The van der Waals surface area contributed by atoms with Crippen LogP contribution in [0.4, 0.5) is 5.69 Å². The zero-order chi connectivity index (χ0) is 13.2. The second-order valence-electron chi connectivity index (χ2n) is 4.63. The molecule has 0 radical (unpaired) electrons. The number of nitrogens with one attached hydrogen (secondary N) is 1. The molecule has 0 saturated heterocycles. The number of fused-ring (bicyclic) bond motifs is 1. The molecule has 1 aliphatic carbocycles. The van der Waals surface area contributed by atoms with Crippen molar-refractivity contribution in [3.8, 4) is 5.75 Å². The summed E-state index contributed by atoms with van der Waals surface area (Å²) in [5, 5.41) is 3.54. The Kier molecular flexibility index (Phi) is 3.42. The van der Waals surface area contributed by atoms with E-state index < -0.39 is 0 Å². The number of hydrogen-bond donors (Lipinski definition) is 1. The van der Waals surface area contributed by atoms with Gasteiger partial charge in [-0.05, 0) is 42.7 Å². The van der Waals surface area contributed by atoms with Crippen molar-refractivity contribution in [1.29, 1.82) is 0 Å². The number of methoxy groups -OCH3 is 1. The first-order valence-corrected chi connectivity index (χ1v) is 7.11. The lowest BCUT2D eigenvalue weighted by atomic mass is 10.2. The van der Waals surface area contributed by atoms with Crippen molar-refractivity contribution in [2.45, 2.75) is 18.9 Å². The molecule has 1 N–H and O–H groups in total. The van der Waals surface area contributed by atoms with Crippen molar-refractivity contribution in [3.63, 3.8) is 0 Å². The number of nitrogens with zero attached hydrogens (tertiary/aromatic N) is 1. The van der Waals surface area contributed by atoms with E-state index in [2.05, 4.69) is 32.3 Å². The molecule has 0 aliphatic heterocycles. The predicted molar refractivity (Wildman–Crippen MR) is 79.6 cm³/mol. The molecule has 0 fully saturated rings. The molecular weight excluding hydrogens is 304 g/mol. The summed E-state index contributed by atoms with van der Waals surface area (Å²) in [5.74, 6) is 0.854. The Morgan fingerprint density at radius 3 is 3.11 bits per heavy atom. The van der Waals surface area contributed by atoms with Gasteiger partial charge in [0.2, 0.25) is 0 Å². The maximum atomic E-state index is 5.39. The van der Waals surface area contributed by atoms with Gasteiger partial charge in [0.25, 0.3) is 0 Å². The Bertz CT molecular complexity index is 600. The number of rotatable bonds is 3. The summed E-state index contributed by atoms with van der Waals surface area (Å²) in [7, 11) is 1.69. The average molecular weight is 319 g/mol. The molecule has 0 bridgehead atoms. The Morgan fingerprint density at radius 2 is 2.26 bits per heavy atom. The van der Waals surface area contributed by atoms with E-state index in [9.17, 15) is 0 Å². The van der Waals surface area contributed by atoms with E-state index in [-0.39, 0.29) is 6.04 Å². The highest BCUT2D eigenvalue weighted by molar-refractivity contribution is 9.10. The fourth-order valence-electron chi connectivity index (χ4n) is 2.53. The SMILES string of the molecule is COc1ccc(Br)cc1NC1CCc2cccnc21. The van der Waals surface area contributed by atoms with Gasteiger partial charge in [-0.2, -0.15) is 0 Å². The number of hydrogen-bond acceptors (Lipinski definition) is 3. The van der Waals surface area contributed by atoms with E-state index in [0.29, 0.717) is 0 Å². The molecule has 0 saturated carbocycles. The molecule has 1 aromatic heterocycles. The number of aromatic nitrogens is 1. The molecule has 1 atom stereocenters. The third-order valence-corrected chi connectivity index (χ3v) is 3.94. The lowest BCUT2D eigenvalue weighted by Crippen LogP contribution is -2.09. The molecule has 1 aliphatic rings. The molecule has 98 valence electrons. The Morgan fingerprint density at radius 1 is 1.37 bits per heavy atom. The lowest BCUT2D eigenvalue weighted by Gasteiger charge is -2.17. The number of benzene rings is 1. The minimum Gasteiger partial charge on any atom is -0.495 e. The first kappa shape index (κ1) is 12.5. The van der Waals surface area contributed by atoms with Crippen molar-refractivity contribution >= 4 is 21.6 Å². The van der Waals surface area contributed by atoms with Gasteiger partial charge < -0.3 is 10.1 Å². The van der Waals surface area contributed by atoms with Gasteiger partial charge in [0.15, 0.2) is 0 Å². The monoisotopic (exact) mass is 318 g/mol. The molecule has 2 aromatic rings. The van der Waals surface area contributed by atoms with Crippen molar-refractivity contribution in [2.75, 3.05) is 12.4 Å². The molecule has 0 amide bonds. The number of ether oxygens (including phenoxy) is 1. The van der Waals surface area contributed by atoms with Crippen LogP contribution >= 0.6 is 15.9 Å². The summed E-state index contributed by atoms with van der Waals surface area (Å²) >= 11 is 3.50. The quantitative estimate of drug-likeness (QED) is 0.930. The zero-order valence-electron chi connectivity index (χ0n) is 10.7. The molecule has 3 nitrogen and oxygen atoms in total. The van der Waals surface area contributed by atoms with Gasteiger partial charge in [0, 0.05) is 10.7 Å². The van der Waals surface area contributed by atoms with Crippen molar-refractivity contribution < 1.29 is 4.74 Å². The third kappa shape index (κ3) is 2.45. The van der Waals surface area contributed by atoms with Crippen LogP contribution in [0.5, 0.6) is 5.75 Å². The first-order chi connectivity index (χ1) is 9.28. The molecule has 3 rings (SSSR count). The van der Waals surface area contributed by atoms with Crippen LogP contribution in [0.25, 0.3) is 0 Å². The number of halogens is 1. The third-order valence-electron chi connectivity index (χ3n) is 3.45. The van der Waals surface area contributed by atoms with E-state index in [1.807, 2.05) is 30.5 Å². The van der Waals surface area contributed by atoms with Gasteiger partial charge in [0.05, 0.1) is 24.5 Å². The average Bonchev–Trinajstić information content (AvgIpc) is 2.83. The van der Waals surface area contributed by atoms with Crippen molar-refractivity contribution in [2.24, 2.45) is 0 Å². The number of anilines is 1. The van der Waals surface area contributed by atoms with Crippen LogP contribution in [-0.4, -0.2) is 12.1 Å². The minimum absolute atomic E-state index is 0.263. The number of aryl methyl sites for hydroxylation is 1. The molecule has 1 unspecified atom stereocenters. The van der Waals surface area contributed by atoms with Crippen LogP contribution in [0, 0.1) is 0 Å².